The van der Waals surface area contributed by atoms with Gasteiger partial charge in [0.05, 0.1) is 0 Å². The highest BCUT2D eigenvalue weighted by Crippen LogP contribution is 2.25. The van der Waals surface area contributed by atoms with Crippen molar-refractivity contribution in [2.45, 2.75) is 32.6 Å². The third kappa shape index (κ3) is 2.70. The van der Waals surface area contributed by atoms with Crippen LogP contribution in [0, 0.1) is 6.92 Å². The smallest absolute Gasteiger partial charge is 0.226 e. The van der Waals surface area contributed by atoms with E-state index in [2.05, 4.69) is 0 Å². The second-order valence-corrected chi connectivity index (χ2v) is 5.16. The van der Waals surface area contributed by atoms with E-state index in [4.69, 9.17) is 18.0 Å². The largest absolute Gasteiger partial charge is 0.389 e. The summed E-state index contributed by atoms with van der Waals surface area (Å²) < 4.78 is 0. The van der Waals surface area contributed by atoms with Crippen LogP contribution in [-0.4, -0.2) is 17.4 Å². The van der Waals surface area contributed by atoms with Crippen molar-refractivity contribution in [1.29, 1.82) is 0 Å². The molecule has 1 aromatic rings. The number of hydrogen-bond donors (Lipinski definition) is 1. The van der Waals surface area contributed by atoms with Gasteiger partial charge in [0, 0.05) is 24.2 Å². The lowest BCUT2D eigenvalue weighted by Gasteiger charge is -2.23. The predicted molar refractivity (Wildman–Crippen MR) is 77.9 cm³/mol. The summed E-state index contributed by atoms with van der Waals surface area (Å²) in [6.07, 6.45) is 3.80. The van der Waals surface area contributed by atoms with Crippen molar-refractivity contribution in [2.24, 2.45) is 5.73 Å². The average Bonchev–Trinajstić information content (AvgIpc) is 2.54. The van der Waals surface area contributed by atoms with Crippen molar-refractivity contribution in [3.8, 4) is 0 Å². The summed E-state index contributed by atoms with van der Waals surface area (Å²) in [6, 6.07) is 5.81. The fraction of sp³-hybridized carbons (Fsp3) is 0.429. The molecule has 0 aromatic heterocycles. The van der Waals surface area contributed by atoms with E-state index >= 15 is 0 Å². The van der Waals surface area contributed by atoms with E-state index in [1.54, 1.807) is 0 Å². The lowest BCUT2D eigenvalue weighted by atomic mass is 10.1. The van der Waals surface area contributed by atoms with Crippen molar-refractivity contribution in [1.82, 2.24) is 0 Å². The lowest BCUT2D eigenvalue weighted by molar-refractivity contribution is -0.118. The zero-order valence-electron chi connectivity index (χ0n) is 10.6. The monoisotopic (exact) mass is 262 g/mol. The quantitative estimate of drug-likeness (QED) is 0.833. The van der Waals surface area contributed by atoms with Crippen LogP contribution in [0.4, 0.5) is 5.69 Å². The molecule has 0 unspecified atom stereocenters. The van der Waals surface area contributed by atoms with E-state index < -0.39 is 0 Å². The summed E-state index contributed by atoms with van der Waals surface area (Å²) in [5, 5.41) is 0. The van der Waals surface area contributed by atoms with Crippen molar-refractivity contribution in [3.05, 3.63) is 29.3 Å². The Morgan fingerprint density at radius 3 is 2.83 bits per heavy atom. The molecule has 2 rings (SSSR count). The molecule has 96 valence electrons. The number of hydrogen-bond acceptors (Lipinski definition) is 2. The normalized spacial score (nSPS) is 16.5. The number of anilines is 1. The molecule has 0 aliphatic carbocycles. The Labute approximate surface area is 113 Å². The molecule has 1 aromatic carbocycles. The molecule has 18 heavy (non-hydrogen) atoms. The highest BCUT2D eigenvalue weighted by molar-refractivity contribution is 7.80. The maximum Gasteiger partial charge on any atom is 0.226 e. The summed E-state index contributed by atoms with van der Waals surface area (Å²) in [4.78, 5) is 14.4. The van der Waals surface area contributed by atoms with Crippen LogP contribution in [0.15, 0.2) is 18.2 Å². The van der Waals surface area contributed by atoms with Gasteiger partial charge in [-0.3, -0.25) is 4.79 Å². The van der Waals surface area contributed by atoms with Gasteiger partial charge in [0.15, 0.2) is 0 Å². The van der Waals surface area contributed by atoms with E-state index in [9.17, 15) is 4.79 Å². The van der Waals surface area contributed by atoms with Crippen molar-refractivity contribution < 1.29 is 4.79 Å². The van der Waals surface area contributed by atoms with Gasteiger partial charge in [-0.15, -0.1) is 0 Å². The Hall–Kier alpha value is -1.42. The summed E-state index contributed by atoms with van der Waals surface area (Å²) >= 11 is 5.00. The minimum absolute atomic E-state index is 0.204. The fourth-order valence-electron chi connectivity index (χ4n) is 2.29. The van der Waals surface area contributed by atoms with Gasteiger partial charge in [0.2, 0.25) is 5.91 Å². The number of carbonyl (C=O) groups excluding carboxylic acids is 1. The van der Waals surface area contributed by atoms with Crippen LogP contribution >= 0.6 is 12.2 Å². The first-order chi connectivity index (χ1) is 8.59. The van der Waals surface area contributed by atoms with E-state index in [-0.39, 0.29) is 5.91 Å². The molecule has 1 aliphatic rings. The zero-order valence-corrected chi connectivity index (χ0v) is 11.4. The zero-order chi connectivity index (χ0) is 13.1. The molecule has 0 radical (unpaired) electrons. The van der Waals surface area contributed by atoms with Gasteiger partial charge in [-0.2, -0.15) is 0 Å². The molecule has 1 amide bonds. The number of benzene rings is 1. The van der Waals surface area contributed by atoms with Gasteiger partial charge < -0.3 is 10.6 Å². The molecule has 0 atom stereocenters. The van der Waals surface area contributed by atoms with Gasteiger partial charge in [-0.1, -0.05) is 30.8 Å². The third-order valence-electron chi connectivity index (χ3n) is 3.36. The predicted octanol–water partition coefficient (Wildman–Crippen LogP) is 2.54. The number of thiocarbonyl (C=S) groups is 1. The molecule has 0 spiro atoms. The maximum atomic E-state index is 12.1. The Bertz CT molecular complexity index is 485. The Morgan fingerprint density at radius 1 is 1.33 bits per heavy atom. The maximum absolute atomic E-state index is 12.1. The van der Waals surface area contributed by atoms with Crippen LogP contribution in [-0.2, 0) is 4.79 Å². The van der Waals surface area contributed by atoms with Crippen LogP contribution < -0.4 is 10.6 Å². The van der Waals surface area contributed by atoms with Crippen LogP contribution in [0.3, 0.4) is 0 Å². The minimum atomic E-state index is 0.204. The minimum Gasteiger partial charge on any atom is -0.389 e. The standard InChI is InChI=1S/C14H18N2OS/c1-10-6-7-11(14(15)18)9-12(10)16-8-4-2-3-5-13(16)17/h6-7,9H,2-5,8H2,1H3,(H2,15,18). The highest BCUT2D eigenvalue weighted by atomic mass is 32.1. The Kier molecular flexibility index (Phi) is 3.97. The third-order valence-corrected chi connectivity index (χ3v) is 3.59. The summed E-state index contributed by atoms with van der Waals surface area (Å²) in [5.74, 6) is 0.204. The first-order valence-electron chi connectivity index (χ1n) is 6.30. The van der Waals surface area contributed by atoms with Crippen LogP contribution in [0.1, 0.15) is 36.8 Å². The van der Waals surface area contributed by atoms with Crippen molar-refractivity contribution in [3.63, 3.8) is 0 Å². The number of carbonyl (C=O) groups is 1. The summed E-state index contributed by atoms with van der Waals surface area (Å²) in [5.41, 5.74) is 8.52. The molecule has 1 heterocycles. The summed E-state index contributed by atoms with van der Waals surface area (Å²) in [7, 11) is 0. The van der Waals surface area contributed by atoms with E-state index in [0.29, 0.717) is 11.4 Å². The second-order valence-electron chi connectivity index (χ2n) is 4.72. The van der Waals surface area contributed by atoms with Crippen LogP contribution in [0.2, 0.25) is 0 Å². The molecule has 3 nitrogen and oxygen atoms in total. The lowest BCUT2D eigenvalue weighted by Crippen LogP contribution is -2.31. The molecular weight excluding hydrogens is 244 g/mol. The van der Waals surface area contributed by atoms with Gasteiger partial charge >= 0.3 is 0 Å². The summed E-state index contributed by atoms with van der Waals surface area (Å²) in [6.45, 7) is 2.80. The fourth-order valence-corrected chi connectivity index (χ4v) is 2.42. The van der Waals surface area contributed by atoms with Crippen LogP contribution in [0.5, 0.6) is 0 Å². The molecule has 0 saturated carbocycles. The first kappa shape index (κ1) is 13.0. The Balaban J connectivity index is 2.38. The molecule has 2 N–H and O–H groups in total. The molecule has 1 saturated heterocycles. The number of amides is 1. The van der Waals surface area contributed by atoms with Gasteiger partial charge in [0.25, 0.3) is 0 Å². The van der Waals surface area contributed by atoms with E-state index in [1.165, 1.54) is 0 Å². The first-order valence-corrected chi connectivity index (χ1v) is 6.71. The Morgan fingerprint density at radius 2 is 2.11 bits per heavy atom. The van der Waals surface area contributed by atoms with Crippen molar-refractivity contribution >= 4 is 28.8 Å². The topological polar surface area (TPSA) is 46.3 Å². The SMILES string of the molecule is Cc1ccc(C(N)=S)cc1N1CCCCCC1=O. The number of rotatable bonds is 2. The van der Waals surface area contributed by atoms with Gasteiger partial charge in [-0.05, 0) is 31.4 Å². The van der Waals surface area contributed by atoms with Gasteiger partial charge in [0.1, 0.15) is 4.99 Å². The molecule has 1 aliphatic heterocycles. The molecule has 4 heteroatoms. The van der Waals surface area contributed by atoms with E-state index in [0.717, 1.165) is 42.6 Å². The van der Waals surface area contributed by atoms with E-state index in [1.807, 2.05) is 30.0 Å². The molecule has 1 fully saturated rings. The number of nitrogens with zero attached hydrogens (tertiary/aromatic N) is 1. The molecular formula is C14H18N2OS. The second kappa shape index (κ2) is 5.48. The highest BCUT2D eigenvalue weighted by Gasteiger charge is 2.20. The number of aryl methyl sites for hydroxylation is 1. The number of nitrogens with two attached hydrogens (primary N) is 1. The van der Waals surface area contributed by atoms with Gasteiger partial charge in [-0.25, -0.2) is 0 Å². The average molecular weight is 262 g/mol. The molecule has 0 bridgehead atoms. The van der Waals surface area contributed by atoms with Crippen molar-refractivity contribution in [2.75, 3.05) is 11.4 Å². The van der Waals surface area contributed by atoms with Crippen LogP contribution in [0.25, 0.3) is 0 Å².